The van der Waals surface area contributed by atoms with Gasteiger partial charge in [-0.3, -0.25) is 24.1 Å². The van der Waals surface area contributed by atoms with Crippen molar-refractivity contribution in [3.63, 3.8) is 0 Å². The van der Waals surface area contributed by atoms with Crippen LogP contribution in [0.1, 0.15) is 60.2 Å². The number of thiophene rings is 1. The van der Waals surface area contributed by atoms with E-state index in [0.29, 0.717) is 4.90 Å². The molecule has 1 aromatic heterocycles. The van der Waals surface area contributed by atoms with Gasteiger partial charge in [0.2, 0.25) is 0 Å². The zero-order chi connectivity index (χ0) is 29.2. The number of hydrogen-bond acceptors (Lipinski definition) is 10. The molecule has 208 valence electrons. The van der Waals surface area contributed by atoms with E-state index < -0.39 is 48.8 Å². The number of nitrogens with one attached hydrogen (secondary N) is 1. The van der Waals surface area contributed by atoms with Crippen molar-refractivity contribution in [3.8, 4) is 0 Å². The van der Waals surface area contributed by atoms with Gasteiger partial charge in [-0.05, 0) is 26.3 Å². The lowest BCUT2D eigenvalue weighted by atomic mass is 10.1. The summed E-state index contributed by atoms with van der Waals surface area (Å²) in [6.45, 7) is 3.10. The Morgan fingerprint density at radius 1 is 0.821 bits per heavy atom. The Morgan fingerprint density at radius 3 is 1.85 bits per heavy atom. The molecule has 39 heavy (non-hydrogen) atoms. The van der Waals surface area contributed by atoms with Gasteiger partial charge < -0.3 is 19.5 Å². The quantitative estimate of drug-likeness (QED) is 0.134. The fourth-order valence-electron chi connectivity index (χ4n) is 3.46. The van der Waals surface area contributed by atoms with Crippen LogP contribution in [0.3, 0.4) is 0 Å². The second-order valence-corrected chi connectivity index (χ2v) is 10.1. The standard InChI is InChI=1S/C23H18Cl4N2O9S/c1-4-36-22(34)11-8(3)18(23(35)37-5-2)39-19(11)28-9(30)7-38-10(31)6-29-20(32)12-13(21(29)33)15(25)17(27)16(26)14(12)24/h4-7H2,1-3H3,(H,28,30). The number of hydrogen-bond donors (Lipinski definition) is 1. The highest BCUT2D eigenvalue weighted by atomic mass is 35.5. The highest BCUT2D eigenvalue weighted by Gasteiger charge is 2.42. The largest absolute Gasteiger partial charge is 0.462 e. The van der Waals surface area contributed by atoms with E-state index in [1.807, 2.05) is 0 Å². The van der Waals surface area contributed by atoms with E-state index in [0.717, 1.165) is 11.3 Å². The number of anilines is 1. The number of carbonyl (C=O) groups is 6. The molecule has 0 unspecified atom stereocenters. The molecule has 1 aliphatic heterocycles. The van der Waals surface area contributed by atoms with Crippen molar-refractivity contribution in [1.82, 2.24) is 4.90 Å². The van der Waals surface area contributed by atoms with Crippen LogP contribution in [0.25, 0.3) is 0 Å². The molecule has 0 fully saturated rings. The van der Waals surface area contributed by atoms with Crippen molar-refractivity contribution in [2.75, 3.05) is 31.7 Å². The van der Waals surface area contributed by atoms with Crippen LogP contribution in [-0.4, -0.2) is 66.9 Å². The van der Waals surface area contributed by atoms with Crippen LogP contribution < -0.4 is 5.32 Å². The highest BCUT2D eigenvalue weighted by Crippen LogP contribution is 2.44. The lowest BCUT2D eigenvalue weighted by molar-refractivity contribution is -0.147. The summed E-state index contributed by atoms with van der Waals surface area (Å²) in [5.41, 5.74) is -0.443. The van der Waals surface area contributed by atoms with E-state index >= 15 is 0 Å². The van der Waals surface area contributed by atoms with Gasteiger partial charge in [0.1, 0.15) is 16.4 Å². The molecule has 1 aromatic carbocycles. The molecule has 1 N–H and O–H groups in total. The lowest BCUT2D eigenvalue weighted by Gasteiger charge is -2.13. The molecule has 0 saturated carbocycles. The van der Waals surface area contributed by atoms with Gasteiger partial charge in [0.25, 0.3) is 17.7 Å². The normalized spacial score (nSPS) is 12.3. The predicted octanol–water partition coefficient (Wildman–Crippen LogP) is 4.80. The van der Waals surface area contributed by atoms with Gasteiger partial charge in [0.15, 0.2) is 6.61 Å². The first kappa shape index (κ1) is 30.6. The molecule has 0 aliphatic carbocycles. The van der Waals surface area contributed by atoms with Crippen molar-refractivity contribution < 1.29 is 43.0 Å². The maximum Gasteiger partial charge on any atom is 0.348 e. The first-order chi connectivity index (χ1) is 18.3. The summed E-state index contributed by atoms with van der Waals surface area (Å²) in [4.78, 5) is 75.7. The summed E-state index contributed by atoms with van der Waals surface area (Å²) >= 11 is 24.8. The Hall–Kier alpha value is -2.90. The zero-order valence-corrected chi connectivity index (χ0v) is 24.2. The fraction of sp³-hybridized carbons (Fsp3) is 0.304. The van der Waals surface area contributed by atoms with Gasteiger partial charge in [-0.15, -0.1) is 11.3 Å². The minimum Gasteiger partial charge on any atom is -0.462 e. The Labute approximate surface area is 245 Å². The van der Waals surface area contributed by atoms with Crippen LogP contribution in [0.5, 0.6) is 0 Å². The van der Waals surface area contributed by atoms with Gasteiger partial charge in [-0.1, -0.05) is 46.4 Å². The number of amides is 3. The zero-order valence-electron chi connectivity index (χ0n) is 20.4. The molecule has 0 radical (unpaired) electrons. The molecule has 3 rings (SSSR count). The van der Waals surface area contributed by atoms with Crippen molar-refractivity contribution in [2.45, 2.75) is 20.8 Å². The Morgan fingerprint density at radius 2 is 1.33 bits per heavy atom. The predicted molar refractivity (Wildman–Crippen MR) is 142 cm³/mol. The maximum absolute atomic E-state index is 12.7. The second-order valence-electron chi connectivity index (χ2n) is 7.61. The summed E-state index contributed by atoms with van der Waals surface area (Å²) in [7, 11) is 0. The molecule has 0 spiro atoms. The van der Waals surface area contributed by atoms with Gasteiger partial charge in [0.05, 0.1) is 50.0 Å². The third-order valence-electron chi connectivity index (χ3n) is 5.18. The molecule has 2 aromatic rings. The maximum atomic E-state index is 12.7. The molecule has 0 saturated heterocycles. The van der Waals surface area contributed by atoms with Gasteiger partial charge >= 0.3 is 17.9 Å². The molecular formula is C23H18Cl4N2O9S. The van der Waals surface area contributed by atoms with E-state index in [9.17, 15) is 28.8 Å². The van der Waals surface area contributed by atoms with Gasteiger partial charge in [0, 0.05) is 0 Å². The number of ether oxygens (including phenoxy) is 3. The molecular weight excluding hydrogens is 622 g/mol. The molecule has 3 amide bonds. The van der Waals surface area contributed by atoms with E-state index in [1.165, 1.54) is 6.92 Å². The number of esters is 3. The van der Waals surface area contributed by atoms with Crippen molar-refractivity contribution >= 4 is 98.4 Å². The van der Waals surface area contributed by atoms with Crippen LogP contribution in [0.4, 0.5) is 5.00 Å². The van der Waals surface area contributed by atoms with E-state index in [-0.39, 0.29) is 65.4 Å². The third kappa shape index (κ3) is 5.99. The minimum absolute atomic E-state index is 0.0200. The molecule has 0 bridgehead atoms. The molecule has 2 heterocycles. The second kappa shape index (κ2) is 12.5. The average molecular weight is 640 g/mol. The van der Waals surface area contributed by atoms with Gasteiger partial charge in [-0.25, -0.2) is 9.59 Å². The van der Waals surface area contributed by atoms with Crippen molar-refractivity contribution in [1.29, 1.82) is 0 Å². The Kier molecular flexibility index (Phi) is 9.83. The summed E-state index contributed by atoms with van der Waals surface area (Å²) in [6.07, 6.45) is 0. The van der Waals surface area contributed by atoms with E-state index in [1.54, 1.807) is 13.8 Å². The number of halogens is 4. The minimum atomic E-state index is -1.12. The van der Waals surface area contributed by atoms with Crippen LogP contribution >= 0.6 is 57.7 Å². The summed E-state index contributed by atoms with van der Waals surface area (Å²) in [6, 6.07) is 0. The SMILES string of the molecule is CCOC(=O)c1sc(NC(=O)COC(=O)CN2C(=O)c3c(Cl)c(Cl)c(Cl)c(Cl)c3C2=O)c(C(=O)OCC)c1C. The number of fused-ring (bicyclic) bond motifs is 1. The van der Waals surface area contributed by atoms with Crippen LogP contribution in [0.2, 0.25) is 20.1 Å². The van der Waals surface area contributed by atoms with Crippen molar-refractivity contribution in [2.24, 2.45) is 0 Å². The number of nitrogens with zero attached hydrogens (tertiary/aromatic N) is 1. The first-order valence-corrected chi connectivity index (χ1v) is 13.3. The van der Waals surface area contributed by atoms with E-state index in [2.05, 4.69) is 5.32 Å². The van der Waals surface area contributed by atoms with Crippen LogP contribution in [0.15, 0.2) is 0 Å². The smallest absolute Gasteiger partial charge is 0.348 e. The average Bonchev–Trinajstić information content (AvgIpc) is 3.33. The van der Waals surface area contributed by atoms with Crippen LogP contribution in [-0.2, 0) is 23.8 Å². The lowest BCUT2D eigenvalue weighted by Crippen LogP contribution is -2.36. The van der Waals surface area contributed by atoms with Gasteiger partial charge in [-0.2, -0.15) is 0 Å². The Balaban J connectivity index is 1.71. The molecule has 1 aliphatic rings. The third-order valence-corrected chi connectivity index (χ3v) is 8.17. The monoisotopic (exact) mass is 638 g/mol. The summed E-state index contributed by atoms with van der Waals surface area (Å²) in [5.74, 6) is -5.39. The topological polar surface area (TPSA) is 145 Å². The summed E-state index contributed by atoms with van der Waals surface area (Å²) in [5, 5.41) is 1.30. The molecule has 16 heteroatoms. The van der Waals surface area contributed by atoms with E-state index in [4.69, 9.17) is 60.6 Å². The van der Waals surface area contributed by atoms with Crippen LogP contribution in [0, 0.1) is 6.92 Å². The fourth-order valence-corrected chi connectivity index (χ4v) is 5.58. The molecule has 11 nitrogen and oxygen atoms in total. The first-order valence-electron chi connectivity index (χ1n) is 11.0. The molecule has 0 atom stereocenters. The number of carbonyl (C=O) groups excluding carboxylic acids is 6. The van der Waals surface area contributed by atoms with Crippen molar-refractivity contribution in [3.05, 3.63) is 47.2 Å². The summed E-state index contributed by atoms with van der Waals surface area (Å²) < 4.78 is 14.9. The highest BCUT2D eigenvalue weighted by molar-refractivity contribution is 7.18. The Bertz CT molecular complexity index is 1380. The number of benzene rings is 1. The number of rotatable bonds is 9. The number of imide groups is 1.